The van der Waals surface area contributed by atoms with Gasteiger partial charge in [0.2, 0.25) is 0 Å². The molecule has 0 saturated carbocycles. The first kappa shape index (κ1) is 15.5. The number of nitrogens with zero attached hydrogens (tertiary/aromatic N) is 2. The SMILES string of the molecule is CC(C)OCCN(C)C(=O)c1ccc(C(N)=S)cn1. The highest BCUT2D eigenvalue weighted by Crippen LogP contribution is 2.03. The highest BCUT2D eigenvalue weighted by molar-refractivity contribution is 7.80. The number of rotatable bonds is 6. The monoisotopic (exact) mass is 281 g/mol. The van der Waals surface area contributed by atoms with Gasteiger partial charge in [0.05, 0.1) is 12.7 Å². The molecule has 1 aromatic heterocycles. The van der Waals surface area contributed by atoms with E-state index in [9.17, 15) is 4.79 Å². The van der Waals surface area contributed by atoms with Gasteiger partial charge in [-0.05, 0) is 26.0 Å². The fourth-order valence-corrected chi connectivity index (χ4v) is 1.51. The Kier molecular flexibility index (Phi) is 5.85. The van der Waals surface area contributed by atoms with Crippen LogP contribution in [0.15, 0.2) is 18.3 Å². The number of ether oxygens (including phenoxy) is 1. The van der Waals surface area contributed by atoms with Crippen LogP contribution in [-0.2, 0) is 4.74 Å². The molecule has 0 aromatic carbocycles. The number of carbonyl (C=O) groups is 1. The molecule has 0 aliphatic carbocycles. The standard InChI is InChI=1S/C13H19N3O2S/c1-9(2)18-7-6-16(3)13(17)11-5-4-10(8-15-11)12(14)19/h4-5,8-9H,6-7H2,1-3H3,(H2,14,19). The van der Waals surface area contributed by atoms with Gasteiger partial charge < -0.3 is 15.4 Å². The van der Waals surface area contributed by atoms with Crippen LogP contribution in [0.2, 0.25) is 0 Å². The molecule has 0 saturated heterocycles. The molecule has 104 valence electrons. The van der Waals surface area contributed by atoms with Crippen LogP contribution < -0.4 is 5.73 Å². The Bertz CT molecular complexity index is 446. The first-order valence-electron chi connectivity index (χ1n) is 6.04. The summed E-state index contributed by atoms with van der Waals surface area (Å²) in [5, 5.41) is 0. The number of amides is 1. The second-order valence-corrected chi connectivity index (χ2v) is 4.88. The van der Waals surface area contributed by atoms with Crippen molar-refractivity contribution in [2.24, 2.45) is 5.73 Å². The van der Waals surface area contributed by atoms with Gasteiger partial charge in [-0.2, -0.15) is 0 Å². The highest BCUT2D eigenvalue weighted by atomic mass is 32.1. The van der Waals surface area contributed by atoms with Gasteiger partial charge in [-0.15, -0.1) is 0 Å². The number of carbonyl (C=O) groups excluding carboxylic acids is 1. The van der Waals surface area contributed by atoms with Crippen molar-refractivity contribution in [2.45, 2.75) is 20.0 Å². The minimum absolute atomic E-state index is 0.151. The number of hydrogen-bond donors (Lipinski definition) is 1. The van der Waals surface area contributed by atoms with Crippen LogP contribution in [0.4, 0.5) is 0 Å². The number of nitrogens with two attached hydrogens (primary N) is 1. The van der Waals surface area contributed by atoms with Crippen molar-refractivity contribution in [3.8, 4) is 0 Å². The van der Waals surface area contributed by atoms with Crippen molar-refractivity contribution < 1.29 is 9.53 Å². The van der Waals surface area contributed by atoms with Crippen LogP contribution in [0, 0.1) is 0 Å². The zero-order valence-electron chi connectivity index (χ0n) is 11.4. The molecule has 1 heterocycles. The maximum Gasteiger partial charge on any atom is 0.272 e. The van der Waals surface area contributed by atoms with Crippen LogP contribution in [0.5, 0.6) is 0 Å². The average molecular weight is 281 g/mol. The number of likely N-dealkylation sites (N-methyl/N-ethyl adjacent to an activating group) is 1. The number of hydrogen-bond acceptors (Lipinski definition) is 4. The van der Waals surface area contributed by atoms with Gasteiger partial charge >= 0.3 is 0 Å². The summed E-state index contributed by atoms with van der Waals surface area (Å²) < 4.78 is 5.40. The molecule has 1 aromatic rings. The minimum Gasteiger partial charge on any atom is -0.389 e. The smallest absolute Gasteiger partial charge is 0.272 e. The van der Waals surface area contributed by atoms with Crippen molar-refractivity contribution >= 4 is 23.1 Å². The topological polar surface area (TPSA) is 68.5 Å². The van der Waals surface area contributed by atoms with Crippen molar-refractivity contribution in [3.63, 3.8) is 0 Å². The fraction of sp³-hybridized carbons (Fsp3) is 0.462. The zero-order chi connectivity index (χ0) is 14.4. The maximum absolute atomic E-state index is 12.0. The molecule has 19 heavy (non-hydrogen) atoms. The van der Waals surface area contributed by atoms with E-state index in [1.54, 1.807) is 24.1 Å². The van der Waals surface area contributed by atoms with Crippen molar-refractivity contribution in [3.05, 3.63) is 29.6 Å². The first-order chi connectivity index (χ1) is 8.91. The first-order valence-corrected chi connectivity index (χ1v) is 6.45. The molecular weight excluding hydrogens is 262 g/mol. The molecule has 0 aliphatic rings. The van der Waals surface area contributed by atoms with E-state index in [4.69, 9.17) is 22.7 Å². The molecule has 6 heteroatoms. The second-order valence-electron chi connectivity index (χ2n) is 4.44. The third kappa shape index (κ3) is 4.92. The number of aromatic nitrogens is 1. The Labute approximate surface area is 118 Å². The van der Waals surface area contributed by atoms with Crippen LogP contribution in [0.3, 0.4) is 0 Å². The lowest BCUT2D eigenvalue weighted by Gasteiger charge is -2.17. The van der Waals surface area contributed by atoms with Gasteiger partial charge in [0.1, 0.15) is 10.7 Å². The molecule has 1 rings (SSSR count). The predicted octanol–water partition coefficient (Wildman–Crippen LogP) is 1.21. The fourth-order valence-electron chi connectivity index (χ4n) is 1.39. The molecular formula is C13H19N3O2S. The average Bonchev–Trinajstić information content (AvgIpc) is 2.37. The predicted molar refractivity (Wildman–Crippen MR) is 78.2 cm³/mol. The molecule has 2 N–H and O–H groups in total. The maximum atomic E-state index is 12.0. The summed E-state index contributed by atoms with van der Waals surface area (Å²) in [5.41, 5.74) is 6.49. The van der Waals surface area contributed by atoms with E-state index in [0.717, 1.165) is 0 Å². The molecule has 0 aliphatic heterocycles. The minimum atomic E-state index is -0.151. The van der Waals surface area contributed by atoms with Gasteiger partial charge in [-0.3, -0.25) is 9.78 Å². The largest absolute Gasteiger partial charge is 0.389 e. The van der Waals surface area contributed by atoms with E-state index in [2.05, 4.69) is 4.98 Å². The third-order valence-corrected chi connectivity index (χ3v) is 2.73. The van der Waals surface area contributed by atoms with E-state index in [-0.39, 0.29) is 17.0 Å². The summed E-state index contributed by atoms with van der Waals surface area (Å²) in [6.45, 7) is 4.94. The molecule has 5 nitrogen and oxygen atoms in total. The van der Waals surface area contributed by atoms with Gasteiger partial charge in [0.25, 0.3) is 5.91 Å². The molecule has 0 bridgehead atoms. The zero-order valence-corrected chi connectivity index (χ0v) is 12.2. The van der Waals surface area contributed by atoms with Gasteiger partial charge in [0.15, 0.2) is 0 Å². The molecule has 0 atom stereocenters. The Balaban J connectivity index is 2.59. The van der Waals surface area contributed by atoms with Crippen LogP contribution in [-0.4, -0.2) is 47.1 Å². The van der Waals surface area contributed by atoms with E-state index in [1.807, 2.05) is 13.8 Å². The lowest BCUT2D eigenvalue weighted by molar-refractivity contribution is 0.0529. The number of pyridine rings is 1. The summed E-state index contributed by atoms with van der Waals surface area (Å²) in [7, 11) is 1.72. The summed E-state index contributed by atoms with van der Waals surface area (Å²) in [6.07, 6.45) is 1.67. The second kappa shape index (κ2) is 7.16. The summed E-state index contributed by atoms with van der Waals surface area (Å²) in [4.78, 5) is 18.0. The van der Waals surface area contributed by atoms with E-state index >= 15 is 0 Å². The molecule has 1 amide bonds. The lowest BCUT2D eigenvalue weighted by Crippen LogP contribution is -2.31. The molecule has 0 fully saturated rings. The summed E-state index contributed by atoms with van der Waals surface area (Å²) >= 11 is 4.83. The van der Waals surface area contributed by atoms with E-state index < -0.39 is 0 Å². The van der Waals surface area contributed by atoms with Crippen LogP contribution in [0.1, 0.15) is 29.9 Å². The van der Waals surface area contributed by atoms with Gasteiger partial charge in [0, 0.05) is 25.4 Å². The Morgan fingerprint density at radius 2 is 2.21 bits per heavy atom. The molecule has 0 spiro atoms. The van der Waals surface area contributed by atoms with Gasteiger partial charge in [-0.25, -0.2) is 0 Å². The Morgan fingerprint density at radius 1 is 1.53 bits per heavy atom. The Hall–Kier alpha value is -1.53. The van der Waals surface area contributed by atoms with Crippen molar-refractivity contribution in [1.29, 1.82) is 0 Å². The van der Waals surface area contributed by atoms with E-state index in [1.165, 1.54) is 6.20 Å². The normalized spacial score (nSPS) is 10.5. The lowest BCUT2D eigenvalue weighted by atomic mass is 10.2. The van der Waals surface area contributed by atoms with Gasteiger partial charge in [-0.1, -0.05) is 12.2 Å². The quantitative estimate of drug-likeness (QED) is 0.794. The number of thiocarbonyl (C=S) groups is 1. The highest BCUT2D eigenvalue weighted by Gasteiger charge is 2.13. The summed E-state index contributed by atoms with van der Waals surface area (Å²) in [6, 6.07) is 3.32. The molecule has 0 unspecified atom stereocenters. The summed E-state index contributed by atoms with van der Waals surface area (Å²) in [5.74, 6) is -0.151. The van der Waals surface area contributed by atoms with Crippen molar-refractivity contribution in [2.75, 3.05) is 20.2 Å². The third-order valence-electron chi connectivity index (χ3n) is 2.49. The van der Waals surface area contributed by atoms with Crippen molar-refractivity contribution in [1.82, 2.24) is 9.88 Å². The van der Waals surface area contributed by atoms with Crippen LogP contribution >= 0.6 is 12.2 Å². The molecule has 0 radical (unpaired) electrons. The van der Waals surface area contributed by atoms with Crippen LogP contribution in [0.25, 0.3) is 0 Å². The Morgan fingerprint density at radius 3 is 2.68 bits per heavy atom. The van der Waals surface area contributed by atoms with E-state index in [0.29, 0.717) is 24.4 Å².